The van der Waals surface area contributed by atoms with Crippen LogP contribution in [0.15, 0.2) is 52.3 Å². The van der Waals surface area contributed by atoms with E-state index in [2.05, 4.69) is 29.5 Å². The Balaban J connectivity index is 0. The molecule has 0 saturated carbocycles. The van der Waals surface area contributed by atoms with Gasteiger partial charge < -0.3 is 25.8 Å². The average Bonchev–Trinajstić information content (AvgIpc) is 2.86. The van der Waals surface area contributed by atoms with Crippen molar-refractivity contribution in [1.29, 1.82) is 0 Å². The van der Waals surface area contributed by atoms with E-state index in [-0.39, 0.29) is 37.3 Å². The lowest BCUT2D eigenvalue weighted by Crippen LogP contribution is -2.47. The van der Waals surface area contributed by atoms with Gasteiger partial charge in [-0.3, -0.25) is 19.4 Å². The van der Waals surface area contributed by atoms with Gasteiger partial charge in [-0.1, -0.05) is 45.4 Å². The van der Waals surface area contributed by atoms with Gasteiger partial charge in [0.25, 0.3) is 5.91 Å². The summed E-state index contributed by atoms with van der Waals surface area (Å²) in [5, 5.41) is 4.99. The van der Waals surface area contributed by atoms with Crippen molar-refractivity contribution in [1.82, 2.24) is 10.6 Å². The summed E-state index contributed by atoms with van der Waals surface area (Å²) in [6.07, 6.45) is 11.3. The molecule has 0 bridgehead atoms. The van der Waals surface area contributed by atoms with Crippen LogP contribution in [0.3, 0.4) is 0 Å². The van der Waals surface area contributed by atoms with Gasteiger partial charge in [0.05, 0.1) is 36.7 Å². The van der Waals surface area contributed by atoms with Crippen LogP contribution in [0.5, 0.6) is 0 Å². The van der Waals surface area contributed by atoms with Crippen LogP contribution < -0.4 is 16.4 Å². The van der Waals surface area contributed by atoms with E-state index < -0.39 is 36.3 Å². The fraction of sp³-hybridized carbons (Fsp3) is 0.552. The van der Waals surface area contributed by atoms with Gasteiger partial charge >= 0.3 is 11.9 Å². The number of hydrogen-bond donors (Lipinski definition) is 3. The Morgan fingerprint density at radius 3 is 2.13 bits per heavy atom. The molecule has 0 aliphatic heterocycles. The van der Waals surface area contributed by atoms with Gasteiger partial charge in [-0.25, -0.2) is 4.79 Å². The van der Waals surface area contributed by atoms with Crippen molar-refractivity contribution in [2.75, 3.05) is 19.8 Å². The first-order chi connectivity index (χ1) is 18.5. The lowest BCUT2D eigenvalue weighted by molar-refractivity contribution is -0.148. The van der Waals surface area contributed by atoms with Crippen LogP contribution >= 0.6 is 0 Å². The van der Waals surface area contributed by atoms with Gasteiger partial charge in [-0.05, 0) is 59.6 Å². The van der Waals surface area contributed by atoms with Crippen molar-refractivity contribution >= 4 is 29.5 Å². The molecule has 0 fully saturated rings. The summed E-state index contributed by atoms with van der Waals surface area (Å²) in [5.74, 6) is -2.39. The summed E-state index contributed by atoms with van der Waals surface area (Å²) in [7, 11) is 0. The van der Waals surface area contributed by atoms with E-state index in [1.54, 1.807) is 33.8 Å². The maximum Gasteiger partial charge on any atom is 0.328 e. The van der Waals surface area contributed by atoms with E-state index in [1.807, 2.05) is 38.2 Å². The number of nitrogens with zero attached hydrogens (tertiary/aromatic N) is 1. The normalized spacial score (nSPS) is 13.2. The number of hydrogen-bond acceptors (Lipinski definition) is 8. The molecular formula is C29H48N4O6. The summed E-state index contributed by atoms with van der Waals surface area (Å²) in [5.41, 5.74) is 7.32. The van der Waals surface area contributed by atoms with Gasteiger partial charge in [-0.15, -0.1) is 0 Å². The highest BCUT2D eigenvalue weighted by atomic mass is 16.5. The molecule has 0 aliphatic carbocycles. The predicted octanol–water partition coefficient (Wildman–Crippen LogP) is 4.03. The van der Waals surface area contributed by atoms with Crippen LogP contribution in [0.25, 0.3) is 0 Å². The number of amides is 2. The van der Waals surface area contributed by atoms with Crippen LogP contribution in [-0.4, -0.2) is 55.3 Å². The Morgan fingerprint density at radius 1 is 1.00 bits per heavy atom. The fourth-order valence-corrected chi connectivity index (χ4v) is 2.96. The number of nitrogens with two attached hydrogens (primary N) is 1. The number of carbonyl (C=O) groups is 4. The highest BCUT2D eigenvalue weighted by Gasteiger charge is 2.24. The molecule has 0 aromatic carbocycles. The van der Waals surface area contributed by atoms with E-state index in [1.165, 1.54) is 6.42 Å². The zero-order chi connectivity index (χ0) is 30.2. The molecule has 10 heteroatoms. The van der Waals surface area contributed by atoms with Crippen molar-refractivity contribution in [2.45, 2.75) is 87.1 Å². The van der Waals surface area contributed by atoms with Crippen LogP contribution in [0.2, 0.25) is 0 Å². The Hall–Kier alpha value is -3.69. The van der Waals surface area contributed by atoms with Crippen LogP contribution in [-0.2, 0) is 28.7 Å². The van der Waals surface area contributed by atoms with Gasteiger partial charge in [-0.2, -0.15) is 0 Å². The Morgan fingerprint density at radius 2 is 1.62 bits per heavy atom. The van der Waals surface area contributed by atoms with Crippen molar-refractivity contribution in [3.63, 3.8) is 0 Å². The number of rotatable bonds is 15. The molecule has 220 valence electrons. The molecule has 0 rings (SSSR count). The van der Waals surface area contributed by atoms with E-state index in [0.29, 0.717) is 11.4 Å². The molecule has 1 unspecified atom stereocenters. The van der Waals surface area contributed by atoms with E-state index in [9.17, 15) is 19.2 Å². The number of aliphatic imine (C=N–C) groups is 1. The highest BCUT2D eigenvalue weighted by Crippen LogP contribution is 2.09. The zero-order valence-corrected chi connectivity index (χ0v) is 24.9. The number of allylic oxidation sites excluding steroid dienone is 6. The van der Waals surface area contributed by atoms with Crippen LogP contribution in [0.4, 0.5) is 0 Å². The summed E-state index contributed by atoms with van der Waals surface area (Å²) in [6, 6.07) is -1.06. The first-order valence-electron chi connectivity index (χ1n) is 13.4. The van der Waals surface area contributed by atoms with Crippen molar-refractivity contribution < 1.29 is 28.7 Å². The molecule has 4 N–H and O–H groups in total. The molecule has 0 aromatic heterocycles. The largest absolute Gasteiger partial charge is 0.466 e. The minimum absolute atomic E-state index is 0.00269. The second kappa shape index (κ2) is 23.4. The summed E-state index contributed by atoms with van der Waals surface area (Å²) < 4.78 is 9.82. The van der Waals surface area contributed by atoms with E-state index in [4.69, 9.17) is 15.2 Å². The van der Waals surface area contributed by atoms with Crippen LogP contribution in [0, 0.1) is 0 Å². The SMILES string of the molecule is CCC.C\C=C/C(=C\C=C\CC)/N=C(C)/C(C(=O)NCC(=O)NC(CCC(=O)OCC)C(=O)OCC)=C(/C)N. The standard InChI is InChI=1S/C26H40N4O6.C3H8/c1-7-11-12-14-20(13-8-2)29-19(6)24(18(5)27)25(33)28-17-22(31)30-21(26(34)36-10-4)15-16-23(32)35-9-3;1-3-2/h8,11-14,21H,7,9-10,15-17,27H2,1-6H3,(H,28,33)(H,30,31);3H2,1-2H3/b12-11+,13-8-,20-14+,24-18+,29-19+;. The minimum atomic E-state index is -1.06. The maximum atomic E-state index is 12.8. The zero-order valence-electron chi connectivity index (χ0n) is 24.9. The number of nitrogens with one attached hydrogen (secondary N) is 2. The lowest BCUT2D eigenvalue weighted by atomic mass is 10.1. The number of carbonyl (C=O) groups excluding carboxylic acids is 4. The first-order valence-corrected chi connectivity index (χ1v) is 13.4. The molecule has 39 heavy (non-hydrogen) atoms. The third-order valence-electron chi connectivity index (χ3n) is 4.51. The van der Waals surface area contributed by atoms with E-state index in [0.717, 1.165) is 6.42 Å². The Bertz CT molecular complexity index is 928. The molecule has 0 heterocycles. The topological polar surface area (TPSA) is 149 Å². The maximum absolute atomic E-state index is 12.8. The predicted molar refractivity (Wildman–Crippen MR) is 156 cm³/mol. The average molecular weight is 549 g/mol. The monoisotopic (exact) mass is 548 g/mol. The lowest BCUT2D eigenvalue weighted by Gasteiger charge is -2.17. The molecule has 0 aliphatic rings. The summed E-state index contributed by atoms with van der Waals surface area (Å²) in [4.78, 5) is 53.6. The molecule has 2 amide bonds. The third kappa shape index (κ3) is 18.2. The minimum Gasteiger partial charge on any atom is -0.466 e. The second-order valence-electron chi connectivity index (χ2n) is 8.29. The van der Waals surface area contributed by atoms with Crippen molar-refractivity contribution in [2.24, 2.45) is 10.7 Å². The van der Waals surface area contributed by atoms with E-state index >= 15 is 0 Å². The molecule has 0 radical (unpaired) electrons. The van der Waals surface area contributed by atoms with Gasteiger partial charge in [0, 0.05) is 12.1 Å². The molecule has 1 atom stereocenters. The number of esters is 2. The molecular weight excluding hydrogens is 500 g/mol. The Kier molecular flexibility index (Phi) is 22.5. The van der Waals surface area contributed by atoms with Crippen LogP contribution in [0.1, 0.15) is 81.1 Å². The van der Waals surface area contributed by atoms with Gasteiger partial charge in [0.15, 0.2) is 0 Å². The summed E-state index contributed by atoms with van der Waals surface area (Å²) in [6.45, 7) is 14.5. The third-order valence-corrected chi connectivity index (χ3v) is 4.51. The first kappa shape index (κ1) is 37.5. The molecule has 0 spiro atoms. The van der Waals surface area contributed by atoms with Crippen molar-refractivity contribution in [3.8, 4) is 0 Å². The second-order valence-corrected chi connectivity index (χ2v) is 8.29. The Labute approximate surface area is 233 Å². The number of ether oxygens (including phenoxy) is 2. The molecule has 0 aromatic rings. The van der Waals surface area contributed by atoms with Gasteiger partial charge in [0.1, 0.15) is 6.04 Å². The summed E-state index contributed by atoms with van der Waals surface area (Å²) >= 11 is 0. The fourth-order valence-electron chi connectivity index (χ4n) is 2.96. The molecule has 10 nitrogen and oxygen atoms in total. The quantitative estimate of drug-likeness (QED) is 0.121. The molecule has 0 saturated heterocycles. The van der Waals surface area contributed by atoms with Crippen molar-refractivity contribution in [3.05, 3.63) is 47.3 Å². The smallest absolute Gasteiger partial charge is 0.328 e. The highest BCUT2D eigenvalue weighted by molar-refractivity contribution is 6.21. The van der Waals surface area contributed by atoms with Gasteiger partial charge in [0.2, 0.25) is 5.91 Å².